The third-order valence-corrected chi connectivity index (χ3v) is 3.56. The summed E-state index contributed by atoms with van der Waals surface area (Å²) in [4.78, 5) is 21.9. The first-order valence-electron chi connectivity index (χ1n) is 6.94. The summed E-state index contributed by atoms with van der Waals surface area (Å²) in [5.74, 6) is 0.0939. The van der Waals surface area contributed by atoms with Crippen LogP contribution in [0, 0.1) is 10.1 Å². The van der Waals surface area contributed by atoms with Crippen molar-refractivity contribution in [2.24, 2.45) is 0 Å². The zero-order valence-corrected chi connectivity index (χ0v) is 12.7. The number of carbonyl (C=O) groups is 1. The highest BCUT2D eigenvalue weighted by Crippen LogP contribution is 2.28. The summed E-state index contributed by atoms with van der Waals surface area (Å²) in [6.45, 7) is 0.0360. The third kappa shape index (κ3) is 3.78. The Morgan fingerprint density at radius 3 is 2.91 bits per heavy atom. The summed E-state index contributed by atoms with van der Waals surface area (Å²) < 4.78 is 6.90. The summed E-state index contributed by atoms with van der Waals surface area (Å²) in [7, 11) is 0. The smallest absolute Gasteiger partial charge is 0.271 e. The number of hydrogen-bond donors (Lipinski definition) is 1. The fourth-order valence-corrected chi connectivity index (χ4v) is 2.13. The number of nitro groups is 1. The van der Waals surface area contributed by atoms with E-state index in [4.69, 9.17) is 16.3 Å². The van der Waals surface area contributed by atoms with Gasteiger partial charge in [0.2, 0.25) is 0 Å². The van der Waals surface area contributed by atoms with E-state index >= 15 is 0 Å². The standard InChI is InChI=1S/C14H13ClN4O4/c15-11-7-10(19(21)22)3-4-13(11)23-8-18-6-5-12(17-18)14(20)16-9-1-2-9/h3-7,9H,1-2,8H2,(H,16,20). The SMILES string of the molecule is O=C(NC1CC1)c1ccn(COc2ccc([N+](=O)[O-])cc2Cl)n1. The fraction of sp³-hybridized carbons (Fsp3) is 0.286. The average Bonchev–Trinajstić information content (AvgIpc) is 3.20. The van der Waals surface area contributed by atoms with Crippen molar-refractivity contribution in [2.75, 3.05) is 0 Å². The maximum absolute atomic E-state index is 11.8. The Morgan fingerprint density at radius 2 is 2.26 bits per heavy atom. The first-order chi connectivity index (χ1) is 11.0. The fourth-order valence-electron chi connectivity index (χ4n) is 1.90. The quantitative estimate of drug-likeness (QED) is 0.645. The molecule has 1 aliphatic carbocycles. The minimum absolute atomic E-state index is 0.0360. The topological polar surface area (TPSA) is 99.3 Å². The molecule has 0 spiro atoms. The van der Waals surface area contributed by atoms with Crippen LogP contribution >= 0.6 is 11.6 Å². The summed E-state index contributed by atoms with van der Waals surface area (Å²) in [6.07, 6.45) is 3.63. The molecule has 0 unspecified atom stereocenters. The molecule has 0 radical (unpaired) electrons. The van der Waals surface area contributed by atoms with Gasteiger partial charge >= 0.3 is 0 Å². The highest BCUT2D eigenvalue weighted by atomic mass is 35.5. The van der Waals surface area contributed by atoms with E-state index in [1.165, 1.54) is 22.9 Å². The van der Waals surface area contributed by atoms with E-state index in [1.54, 1.807) is 12.3 Å². The molecule has 1 amide bonds. The molecule has 2 aromatic rings. The summed E-state index contributed by atoms with van der Waals surface area (Å²) in [5.41, 5.74) is 0.204. The number of halogens is 1. The first kappa shape index (κ1) is 15.3. The van der Waals surface area contributed by atoms with Crippen molar-refractivity contribution in [3.8, 4) is 5.75 Å². The van der Waals surface area contributed by atoms with Gasteiger partial charge in [-0.2, -0.15) is 5.10 Å². The molecule has 1 heterocycles. The molecule has 0 bridgehead atoms. The lowest BCUT2D eigenvalue weighted by Gasteiger charge is -2.07. The van der Waals surface area contributed by atoms with Crippen molar-refractivity contribution in [2.45, 2.75) is 25.6 Å². The van der Waals surface area contributed by atoms with Crippen LogP contribution in [0.2, 0.25) is 5.02 Å². The van der Waals surface area contributed by atoms with E-state index in [9.17, 15) is 14.9 Å². The van der Waals surface area contributed by atoms with E-state index in [1.807, 2.05) is 0 Å². The minimum atomic E-state index is -0.534. The van der Waals surface area contributed by atoms with Crippen LogP contribution < -0.4 is 10.1 Å². The highest BCUT2D eigenvalue weighted by molar-refractivity contribution is 6.32. The van der Waals surface area contributed by atoms with Crippen LogP contribution in [0.25, 0.3) is 0 Å². The molecule has 0 aliphatic heterocycles. The summed E-state index contributed by atoms with van der Waals surface area (Å²) >= 11 is 5.94. The van der Waals surface area contributed by atoms with Gasteiger partial charge in [-0.05, 0) is 25.0 Å². The number of non-ortho nitro benzene ring substituents is 1. The number of rotatable bonds is 6. The average molecular weight is 337 g/mol. The van der Waals surface area contributed by atoms with Gasteiger partial charge in [-0.1, -0.05) is 11.6 Å². The van der Waals surface area contributed by atoms with Crippen LogP contribution in [0.3, 0.4) is 0 Å². The number of carbonyl (C=O) groups excluding carboxylic acids is 1. The van der Waals surface area contributed by atoms with Crippen LogP contribution in [0.1, 0.15) is 23.3 Å². The summed E-state index contributed by atoms with van der Waals surface area (Å²) in [6, 6.07) is 5.80. The normalized spacial score (nSPS) is 13.6. The highest BCUT2D eigenvalue weighted by Gasteiger charge is 2.24. The Kier molecular flexibility index (Phi) is 4.16. The second-order valence-corrected chi connectivity index (χ2v) is 5.54. The summed E-state index contributed by atoms with van der Waals surface area (Å²) in [5, 5.41) is 17.7. The van der Waals surface area contributed by atoms with Gasteiger partial charge in [0.1, 0.15) is 11.4 Å². The minimum Gasteiger partial charge on any atom is -0.470 e. The second kappa shape index (κ2) is 6.25. The van der Waals surface area contributed by atoms with Gasteiger partial charge in [0.05, 0.1) is 9.95 Å². The van der Waals surface area contributed by atoms with E-state index in [0.29, 0.717) is 11.4 Å². The number of nitro benzene ring substituents is 1. The lowest BCUT2D eigenvalue weighted by atomic mass is 10.3. The van der Waals surface area contributed by atoms with Gasteiger partial charge in [-0.25, -0.2) is 4.68 Å². The number of nitrogens with one attached hydrogen (secondary N) is 1. The number of aromatic nitrogens is 2. The van der Waals surface area contributed by atoms with Crippen molar-refractivity contribution < 1.29 is 14.5 Å². The molecule has 120 valence electrons. The molecule has 1 aromatic carbocycles. The Bertz CT molecular complexity index is 757. The van der Waals surface area contributed by atoms with Gasteiger partial charge in [0, 0.05) is 24.4 Å². The lowest BCUT2D eigenvalue weighted by Crippen LogP contribution is -2.26. The van der Waals surface area contributed by atoms with Crippen molar-refractivity contribution >= 4 is 23.2 Å². The third-order valence-electron chi connectivity index (χ3n) is 3.26. The monoisotopic (exact) mass is 336 g/mol. The maximum atomic E-state index is 11.8. The van der Waals surface area contributed by atoms with E-state index in [2.05, 4.69) is 10.4 Å². The number of benzene rings is 1. The molecule has 1 saturated carbocycles. The van der Waals surface area contributed by atoms with Gasteiger partial charge in [-0.3, -0.25) is 14.9 Å². The zero-order chi connectivity index (χ0) is 16.4. The molecule has 8 nitrogen and oxygen atoms in total. The Labute approximate surface area is 136 Å². The van der Waals surface area contributed by atoms with Crippen molar-refractivity contribution in [3.63, 3.8) is 0 Å². The Morgan fingerprint density at radius 1 is 1.48 bits per heavy atom. The maximum Gasteiger partial charge on any atom is 0.271 e. The number of ether oxygens (including phenoxy) is 1. The van der Waals surface area contributed by atoms with Crippen LogP contribution in [0.4, 0.5) is 5.69 Å². The molecule has 1 fully saturated rings. The molecular weight excluding hydrogens is 324 g/mol. The van der Waals surface area contributed by atoms with Crippen LogP contribution in [-0.2, 0) is 6.73 Å². The zero-order valence-electron chi connectivity index (χ0n) is 11.9. The Hall–Kier alpha value is -2.61. The molecule has 23 heavy (non-hydrogen) atoms. The number of amides is 1. The van der Waals surface area contributed by atoms with E-state index in [0.717, 1.165) is 12.8 Å². The van der Waals surface area contributed by atoms with Crippen molar-refractivity contribution in [1.29, 1.82) is 0 Å². The second-order valence-electron chi connectivity index (χ2n) is 5.13. The van der Waals surface area contributed by atoms with E-state index in [-0.39, 0.29) is 29.4 Å². The van der Waals surface area contributed by atoms with Crippen molar-refractivity contribution in [3.05, 3.63) is 51.3 Å². The molecular formula is C14H13ClN4O4. The number of hydrogen-bond acceptors (Lipinski definition) is 5. The van der Waals surface area contributed by atoms with Gasteiger partial charge in [0.25, 0.3) is 11.6 Å². The molecule has 3 rings (SSSR count). The van der Waals surface area contributed by atoms with Crippen LogP contribution in [-0.4, -0.2) is 26.7 Å². The molecule has 0 saturated heterocycles. The predicted octanol–water partition coefficient (Wildman–Crippen LogP) is 2.37. The molecule has 0 atom stereocenters. The lowest BCUT2D eigenvalue weighted by molar-refractivity contribution is -0.384. The van der Waals surface area contributed by atoms with Gasteiger partial charge < -0.3 is 10.1 Å². The first-order valence-corrected chi connectivity index (χ1v) is 7.32. The predicted molar refractivity (Wildman–Crippen MR) is 81.4 cm³/mol. The molecule has 1 aromatic heterocycles. The molecule has 1 aliphatic rings. The van der Waals surface area contributed by atoms with Crippen LogP contribution in [0.5, 0.6) is 5.75 Å². The van der Waals surface area contributed by atoms with Crippen molar-refractivity contribution in [1.82, 2.24) is 15.1 Å². The van der Waals surface area contributed by atoms with E-state index < -0.39 is 4.92 Å². The van der Waals surface area contributed by atoms with Gasteiger partial charge in [0.15, 0.2) is 6.73 Å². The van der Waals surface area contributed by atoms with Gasteiger partial charge in [-0.15, -0.1) is 0 Å². The van der Waals surface area contributed by atoms with Crippen LogP contribution in [0.15, 0.2) is 30.5 Å². The largest absolute Gasteiger partial charge is 0.470 e. The molecule has 1 N–H and O–H groups in total. The Balaban J connectivity index is 1.61. The molecule has 9 heteroatoms. The number of nitrogens with zero attached hydrogens (tertiary/aromatic N) is 3.